The maximum Gasteiger partial charge on any atom is 0.326 e. The summed E-state index contributed by atoms with van der Waals surface area (Å²) in [5.74, 6) is -1.76. The summed E-state index contributed by atoms with van der Waals surface area (Å²) in [5.41, 5.74) is 5.24. The molecule has 3 atom stereocenters. The van der Waals surface area contributed by atoms with Gasteiger partial charge < -0.3 is 31.7 Å². The lowest BCUT2D eigenvalue weighted by Gasteiger charge is -2.28. The number of nitrogens with one attached hydrogen (secondary N) is 4. The first-order chi connectivity index (χ1) is 12.4. The zero-order valence-corrected chi connectivity index (χ0v) is 14.8. The number of guanidine groups is 1. The Morgan fingerprint density at radius 3 is 2.69 bits per heavy atom. The molecule has 0 aromatic rings. The van der Waals surface area contributed by atoms with Gasteiger partial charge in [-0.25, -0.2) is 4.79 Å². The number of aliphatic carboxylic acids is 1. The van der Waals surface area contributed by atoms with Crippen LogP contribution in [0.5, 0.6) is 0 Å². The number of amides is 2. The summed E-state index contributed by atoms with van der Waals surface area (Å²) in [6.07, 6.45) is 3.56. The molecule has 2 heterocycles. The Labute approximate surface area is 152 Å². The first kappa shape index (κ1) is 20.0. The molecule has 2 aliphatic rings. The van der Waals surface area contributed by atoms with E-state index in [2.05, 4.69) is 16.0 Å². The second-order valence-corrected chi connectivity index (χ2v) is 6.72. The molecule has 0 unspecified atom stereocenters. The van der Waals surface area contributed by atoms with E-state index in [9.17, 15) is 19.5 Å². The van der Waals surface area contributed by atoms with Gasteiger partial charge in [0.1, 0.15) is 12.1 Å². The Morgan fingerprint density at radius 1 is 1.31 bits per heavy atom. The highest BCUT2D eigenvalue weighted by Crippen LogP contribution is 2.19. The average Bonchev–Trinajstić information content (AvgIpc) is 3.27. The van der Waals surface area contributed by atoms with Crippen LogP contribution in [0.15, 0.2) is 0 Å². The molecule has 0 aromatic heterocycles. The summed E-state index contributed by atoms with van der Waals surface area (Å²) in [5, 5.41) is 25.0. The number of carboxylic acid groups (broad SMARTS) is 1. The molecule has 2 amide bonds. The molecular formula is C16H28N6O4. The Kier molecular flexibility index (Phi) is 7.19. The third-order valence-electron chi connectivity index (χ3n) is 4.80. The lowest BCUT2D eigenvalue weighted by atomic mass is 10.1. The molecule has 2 fully saturated rings. The number of carbonyl (C=O) groups is 3. The van der Waals surface area contributed by atoms with Crippen molar-refractivity contribution < 1.29 is 19.5 Å². The highest BCUT2D eigenvalue weighted by molar-refractivity contribution is 5.92. The standard InChI is InChI=1S/C16H28N6O4/c17-16(18)20-8-2-5-11(21-13(23)10-4-1-7-19-10)14(24)22-9-3-6-12(22)15(25)26/h10-12,19H,1-9H2,(H,21,23)(H,25,26)(H4,17,18,20)/t10-,11-,12-/m0/s1. The van der Waals surface area contributed by atoms with E-state index in [1.54, 1.807) is 0 Å². The van der Waals surface area contributed by atoms with Crippen LogP contribution in [0.2, 0.25) is 0 Å². The summed E-state index contributed by atoms with van der Waals surface area (Å²) in [6.45, 7) is 1.56. The highest BCUT2D eigenvalue weighted by atomic mass is 16.4. The smallest absolute Gasteiger partial charge is 0.326 e. The van der Waals surface area contributed by atoms with Crippen molar-refractivity contribution in [3.8, 4) is 0 Å². The third-order valence-corrected chi connectivity index (χ3v) is 4.80. The minimum Gasteiger partial charge on any atom is -0.480 e. The SMILES string of the molecule is N=C(N)NCCC[C@H](NC(=O)[C@@H]1CCCN1)C(=O)N1CCC[C@H]1C(=O)O. The van der Waals surface area contributed by atoms with Crippen molar-refractivity contribution in [1.29, 1.82) is 5.41 Å². The molecule has 146 valence electrons. The quantitative estimate of drug-likeness (QED) is 0.174. The highest BCUT2D eigenvalue weighted by Gasteiger charge is 2.38. The van der Waals surface area contributed by atoms with Crippen LogP contribution in [-0.2, 0) is 14.4 Å². The van der Waals surface area contributed by atoms with Gasteiger partial charge in [-0.2, -0.15) is 0 Å². The number of likely N-dealkylation sites (tertiary alicyclic amines) is 1. The van der Waals surface area contributed by atoms with Gasteiger partial charge in [0.25, 0.3) is 0 Å². The zero-order chi connectivity index (χ0) is 19.1. The minimum absolute atomic E-state index is 0.155. The van der Waals surface area contributed by atoms with Gasteiger partial charge in [-0.1, -0.05) is 0 Å². The first-order valence-corrected chi connectivity index (χ1v) is 9.05. The number of hydrogen-bond acceptors (Lipinski definition) is 5. The van der Waals surface area contributed by atoms with Crippen LogP contribution in [0.3, 0.4) is 0 Å². The van der Waals surface area contributed by atoms with E-state index in [4.69, 9.17) is 11.1 Å². The molecule has 0 aromatic carbocycles. The van der Waals surface area contributed by atoms with Gasteiger partial charge in [0, 0.05) is 13.1 Å². The first-order valence-electron chi connectivity index (χ1n) is 9.05. The number of hydrogen-bond donors (Lipinski definition) is 6. The van der Waals surface area contributed by atoms with E-state index in [0.29, 0.717) is 38.8 Å². The van der Waals surface area contributed by atoms with E-state index >= 15 is 0 Å². The lowest BCUT2D eigenvalue weighted by molar-refractivity contribution is -0.149. The number of nitrogens with two attached hydrogens (primary N) is 1. The molecule has 0 spiro atoms. The maximum absolute atomic E-state index is 12.9. The fourth-order valence-electron chi connectivity index (χ4n) is 3.45. The molecule has 7 N–H and O–H groups in total. The maximum atomic E-state index is 12.9. The second-order valence-electron chi connectivity index (χ2n) is 6.72. The van der Waals surface area contributed by atoms with Crippen LogP contribution < -0.4 is 21.7 Å². The van der Waals surface area contributed by atoms with Crippen molar-refractivity contribution in [3.05, 3.63) is 0 Å². The van der Waals surface area contributed by atoms with Gasteiger partial charge in [0.15, 0.2) is 5.96 Å². The largest absolute Gasteiger partial charge is 0.480 e. The number of rotatable bonds is 8. The van der Waals surface area contributed by atoms with Gasteiger partial charge in [0.2, 0.25) is 11.8 Å². The summed E-state index contributed by atoms with van der Waals surface area (Å²) in [4.78, 5) is 38.0. The van der Waals surface area contributed by atoms with Crippen LogP contribution in [0.4, 0.5) is 0 Å². The normalized spacial score (nSPS) is 23.5. The summed E-state index contributed by atoms with van der Waals surface area (Å²) < 4.78 is 0. The average molecular weight is 368 g/mol. The Morgan fingerprint density at radius 2 is 2.08 bits per heavy atom. The molecule has 0 saturated carbocycles. The molecule has 2 saturated heterocycles. The van der Waals surface area contributed by atoms with Crippen LogP contribution >= 0.6 is 0 Å². The summed E-state index contributed by atoms with van der Waals surface area (Å²) in [7, 11) is 0. The molecule has 10 heteroatoms. The molecule has 0 bridgehead atoms. The number of carbonyl (C=O) groups excluding carboxylic acids is 2. The van der Waals surface area contributed by atoms with Crippen molar-refractivity contribution >= 4 is 23.7 Å². The molecule has 0 aliphatic carbocycles. The molecule has 10 nitrogen and oxygen atoms in total. The van der Waals surface area contributed by atoms with Gasteiger partial charge >= 0.3 is 5.97 Å². The van der Waals surface area contributed by atoms with E-state index in [1.165, 1.54) is 4.90 Å². The van der Waals surface area contributed by atoms with Crippen LogP contribution in [0.25, 0.3) is 0 Å². The molecular weight excluding hydrogens is 340 g/mol. The van der Waals surface area contributed by atoms with E-state index in [-0.39, 0.29) is 23.8 Å². The van der Waals surface area contributed by atoms with Gasteiger partial charge in [-0.3, -0.25) is 15.0 Å². The van der Waals surface area contributed by atoms with Crippen LogP contribution in [0, 0.1) is 5.41 Å². The van der Waals surface area contributed by atoms with Crippen molar-refractivity contribution in [2.45, 2.75) is 56.7 Å². The molecule has 2 aliphatic heterocycles. The fourth-order valence-corrected chi connectivity index (χ4v) is 3.45. The van der Waals surface area contributed by atoms with Crippen molar-refractivity contribution in [3.63, 3.8) is 0 Å². The van der Waals surface area contributed by atoms with E-state index < -0.39 is 18.1 Å². The van der Waals surface area contributed by atoms with E-state index in [0.717, 1.165) is 19.4 Å². The minimum atomic E-state index is -1.02. The predicted octanol–water partition coefficient (Wildman–Crippen LogP) is -1.44. The van der Waals surface area contributed by atoms with Crippen LogP contribution in [-0.4, -0.2) is 71.5 Å². The molecule has 0 radical (unpaired) electrons. The van der Waals surface area contributed by atoms with Gasteiger partial charge in [0.05, 0.1) is 6.04 Å². The van der Waals surface area contributed by atoms with Crippen LogP contribution in [0.1, 0.15) is 38.5 Å². The Bertz CT molecular complexity index is 549. The van der Waals surface area contributed by atoms with Crippen molar-refractivity contribution in [1.82, 2.24) is 20.9 Å². The van der Waals surface area contributed by atoms with Crippen molar-refractivity contribution in [2.24, 2.45) is 5.73 Å². The van der Waals surface area contributed by atoms with Gasteiger partial charge in [-0.05, 0) is 45.1 Å². The van der Waals surface area contributed by atoms with Gasteiger partial charge in [-0.15, -0.1) is 0 Å². The monoisotopic (exact) mass is 368 g/mol. The Hall–Kier alpha value is -2.36. The van der Waals surface area contributed by atoms with E-state index in [1.807, 2.05) is 0 Å². The van der Waals surface area contributed by atoms with Crippen molar-refractivity contribution in [2.75, 3.05) is 19.6 Å². The molecule has 26 heavy (non-hydrogen) atoms. The lowest BCUT2D eigenvalue weighted by Crippen LogP contribution is -2.54. The zero-order valence-electron chi connectivity index (χ0n) is 14.8. The fraction of sp³-hybridized carbons (Fsp3) is 0.750. The summed E-state index contributed by atoms with van der Waals surface area (Å²) >= 11 is 0. The predicted molar refractivity (Wildman–Crippen MR) is 94.5 cm³/mol. The summed E-state index contributed by atoms with van der Waals surface area (Å²) in [6, 6.07) is -1.92. The topological polar surface area (TPSA) is 161 Å². The second kappa shape index (κ2) is 9.37. The third kappa shape index (κ3) is 5.32. The Balaban J connectivity index is 2.00. The number of nitrogens with zero attached hydrogens (tertiary/aromatic N) is 1. The molecule has 2 rings (SSSR count). The number of carboxylic acids is 1.